The Balaban J connectivity index is 1.57. The Morgan fingerprint density at radius 1 is 1.35 bits per heavy atom. The fourth-order valence-electron chi connectivity index (χ4n) is 2.86. The van der Waals surface area contributed by atoms with Gasteiger partial charge < -0.3 is 4.90 Å². The summed E-state index contributed by atoms with van der Waals surface area (Å²) in [7, 11) is 1.92. The number of carbonyl (C=O) groups is 1. The minimum Gasteiger partial charge on any atom is -0.342 e. The van der Waals surface area contributed by atoms with Gasteiger partial charge in [0.2, 0.25) is 5.91 Å². The first-order valence-electron chi connectivity index (χ1n) is 7.04. The number of carbonyl (C=O) groups excluding carboxylic acids is 1. The van der Waals surface area contributed by atoms with Crippen molar-refractivity contribution in [1.82, 2.24) is 15.1 Å². The molecule has 1 aromatic heterocycles. The highest BCUT2D eigenvalue weighted by Crippen LogP contribution is 2.25. The average Bonchev–Trinajstić information content (AvgIpc) is 3.12. The van der Waals surface area contributed by atoms with Crippen LogP contribution in [0.3, 0.4) is 0 Å². The molecule has 0 spiro atoms. The molecular weight excluding hydrogens is 250 g/mol. The van der Waals surface area contributed by atoms with E-state index in [9.17, 15) is 4.79 Å². The molecule has 0 saturated carbocycles. The molecule has 104 valence electrons. The zero-order valence-corrected chi connectivity index (χ0v) is 11.7. The number of nitrogens with one attached hydrogen (secondary N) is 1. The van der Waals surface area contributed by atoms with Crippen LogP contribution < -0.4 is 0 Å². The number of likely N-dealkylation sites (N-methyl/N-ethyl adjacent to an activating group) is 1. The molecule has 0 saturated heterocycles. The summed E-state index contributed by atoms with van der Waals surface area (Å²) in [4.78, 5) is 14.2. The van der Waals surface area contributed by atoms with Crippen LogP contribution in [0, 0.1) is 0 Å². The first kappa shape index (κ1) is 12.9. The second-order valence-electron chi connectivity index (χ2n) is 5.44. The molecule has 4 nitrogen and oxygen atoms in total. The second kappa shape index (κ2) is 5.49. The van der Waals surface area contributed by atoms with Gasteiger partial charge in [0.25, 0.3) is 0 Å². The largest absolute Gasteiger partial charge is 0.342 e. The molecule has 1 aliphatic rings. The third-order valence-electron chi connectivity index (χ3n) is 4.15. The minimum absolute atomic E-state index is 0.212. The quantitative estimate of drug-likeness (QED) is 0.922. The first-order chi connectivity index (χ1) is 9.74. The molecule has 3 rings (SSSR count). The van der Waals surface area contributed by atoms with E-state index in [1.807, 2.05) is 18.1 Å². The Bertz CT molecular complexity index is 567. The third-order valence-corrected chi connectivity index (χ3v) is 4.15. The van der Waals surface area contributed by atoms with Crippen LogP contribution >= 0.6 is 0 Å². The van der Waals surface area contributed by atoms with Crippen molar-refractivity contribution in [1.29, 1.82) is 0 Å². The van der Waals surface area contributed by atoms with Gasteiger partial charge in [0.15, 0.2) is 0 Å². The van der Waals surface area contributed by atoms with Crippen molar-refractivity contribution in [3.63, 3.8) is 0 Å². The number of benzene rings is 1. The van der Waals surface area contributed by atoms with Crippen molar-refractivity contribution in [2.75, 3.05) is 7.05 Å². The molecule has 0 radical (unpaired) electrons. The summed E-state index contributed by atoms with van der Waals surface area (Å²) in [5.41, 5.74) is 3.85. The van der Waals surface area contributed by atoms with Crippen LogP contribution in [0.5, 0.6) is 0 Å². The Labute approximate surface area is 118 Å². The van der Waals surface area contributed by atoms with Crippen LogP contribution in [0.1, 0.15) is 23.1 Å². The van der Waals surface area contributed by atoms with Gasteiger partial charge in [0, 0.05) is 25.7 Å². The van der Waals surface area contributed by atoms with Crippen LogP contribution in [0.4, 0.5) is 0 Å². The van der Waals surface area contributed by atoms with E-state index >= 15 is 0 Å². The lowest BCUT2D eigenvalue weighted by atomic mass is 10.1. The lowest BCUT2D eigenvalue weighted by Gasteiger charge is -2.24. The van der Waals surface area contributed by atoms with Crippen molar-refractivity contribution in [3.05, 3.63) is 53.3 Å². The predicted molar refractivity (Wildman–Crippen MR) is 77.3 cm³/mol. The molecule has 0 aliphatic heterocycles. The van der Waals surface area contributed by atoms with Gasteiger partial charge in [-0.15, -0.1) is 0 Å². The summed E-state index contributed by atoms with van der Waals surface area (Å²) in [6, 6.07) is 8.78. The van der Waals surface area contributed by atoms with E-state index in [2.05, 4.69) is 34.5 Å². The van der Waals surface area contributed by atoms with Crippen LogP contribution in [0.25, 0.3) is 0 Å². The lowest BCUT2D eigenvalue weighted by molar-refractivity contribution is -0.131. The molecule has 0 fully saturated rings. The molecular formula is C16H19N3O. The summed E-state index contributed by atoms with van der Waals surface area (Å²) in [5, 5.41) is 6.67. The molecule has 0 atom stereocenters. The topological polar surface area (TPSA) is 49.0 Å². The summed E-state index contributed by atoms with van der Waals surface area (Å²) in [5.74, 6) is 0.212. The van der Waals surface area contributed by atoms with E-state index in [0.29, 0.717) is 12.5 Å². The van der Waals surface area contributed by atoms with Crippen molar-refractivity contribution in [2.45, 2.75) is 31.7 Å². The fraction of sp³-hybridized carbons (Fsp3) is 0.375. The van der Waals surface area contributed by atoms with E-state index in [-0.39, 0.29) is 5.91 Å². The highest BCUT2D eigenvalue weighted by Gasteiger charge is 2.26. The van der Waals surface area contributed by atoms with Crippen LogP contribution in [0.2, 0.25) is 0 Å². The molecule has 1 amide bonds. The normalized spacial score (nSPS) is 14.2. The Kier molecular flexibility index (Phi) is 3.54. The second-order valence-corrected chi connectivity index (χ2v) is 5.44. The molecule has 1 heterocycles. The molecule has 1 aromatic carbocycles. The maximum absolute atomic E-state index is 12.3. The van der Waals surface area contributed by atoms with Gasteiger partial charge in [-0.3, -0.25) is 9.89 Å². The van der Waals surface area contributed by atoms with E-state index in [4.69, 9.17) is 0 Å². The predicted octanol–water partition coefficient (Wildman–Crippen LogP) is 1.97. The zero-order valence-electron chi connectivity index (χ0n) is 11.7. The summed E-state index contributed by atoms with van der Waals surface area (Å²) in [6.45, 7) is 0. The van der Waals surface area contributed by atoms with E-state index in [1.54, 1.807) is 6.20 Å². The average molecular weight is 269 g/mol. The number of H-pyrrole nitrogens is 1. The number of aryl methyl sites for hydroxylation is 1. The van der Waals surface area contributed by atoms with Crippen LogP contribution in [0.15, 0.2) is 36.7 Å². The molecule has 0 unspecified atom stereocenters. The minimum atomic E-state index is 0.212. The highest BCUT2D eigenvalue weighted by atomic mass is 16.2. The standard InChI is InChI=1S/C16H19N3O/c1-19(16(20)7-6-12-10-17-18-11-12)15-8-13-4-2-3-5-14(13)9-15/h2-5,10-11,15H,6-9H2,1H3,(H,17,18). The van der Waals surface area contributed by atoms with Crippen molar-refractivity contribution in [2.24, 2.45) is 0 Å². The van der Waals surface area contributed by atoms with Crippen LogP contribution in [-0.4, -0.2) is 34.1 Å². The van der Waals surface area contributed by atoms with Crippen LogP contribution in [-0.2, 0) is 24.1 Å². The highest BCUT2D eigenvalue weighted by molar-refractivity contribution is 5.76. The first-order valence-corrected chi connectivity index (χ1v) is 7.04. The number of aromatic amines is 1. The molecule has 2 aromatic rings. The summed E-state index contributed by atoms with van der Waals surface area (Å²) in [6.07, 6.45) is 6.87. The van der Waals surface area contributed by atoms with Gasteiger partial charge in [0.05, 0.1) is 6.20 Å². The van der Waals surface area contributed by atoms with Gasteiger partial charge in [-0.2, -0.15) is 5.10 Å². The molecule has 20 heavy (non-hydrogen) atoms. The fourth-order valence-corrected chi connectivity index (χ4v) is 2.86. The van der Waals surface area contributed by atoms with Gasteiger partial charge in [-0.05, 0) is 36.0 Å². The van der Waals surface area contributed by atoms with E-state index in [0.717, 1.165) is 24.8 Å². The van der Waals surface area contributed by atoms with Gasteiger partial charge in [-0.25, -0.2) is 0 Å². The van der Waals surface area contributed by atoms with E-state index in [1.165, 1.54) is 11.1 Å². The van der Waals surface area contributed by atoms with E-state index < -0.39 is 0 Å². The number of aromatic nitrogens is 2. The smallest absolute Gasteiger partial charge is 0.222 e. The maximum atomic E-state index is 12.3. The molecule has 1 N–H and O–H groups in total. The number of amides is 1. The summed E-state index contributed by atoms with van der Waals surface area (Å²) >= 11 is 0. The Morgan fingerprint density at radius 3 is 2.65 bits per heavy atom. The van der Waals surface area contributed by atoms with Crippen molar-refractivity contribution < 1.29 is 4.79 Å². The Morgan fingerprint density at radius 2 is 2.05 bits per heavy atom. The Hall–Kier alpha value is -2.10. The third kappa shape index (κ3) is 2.59. The number of hydrogen-bond acceptors (Lipinski definition) is 2. The number of rotatable bonds is 4. The monoisotopic (exact) mass is 269 g/mol. The van der Waals surface area contributed by atoms with Gasteiger partial charge in [0.1, 0.15) is 0 Å². The zero-order chi connectivity index (χ0) is 13.9. The van der Waals surface area contributed by atoms with Gasteiger partial charge in [-0.1, -0.05) is 24.3 Å². The number of fused-ring (bicyclic) bond motifs is 1. The van der Waals surface area contributed by atoms with Gasteiger partial charge >= 0.3 is 0 Å². The molecule has 1 aliphatic carbocycles. The molecule has 0 bridgehead atoms. The van der Waals surface area contributed by atoms with Crippen molar-refractivity contribution >= 4 is 5.91 Å². The van der Waals surface area contributed by atoms with Crippen molar-refractivity contribution in [3.8, 4) is 0 Å². The SMILES string of the molecule is CN(C(=O)CCc1cn[nH]c1)C1Cc2ccccc2C1. The summed E-state index contributed by atoms with van der Waals surface area (Å²) < 4.78 is 0. The number of hydrogen-bond donors (Lipinski definition) is 1. The maximum Gasteiger partial charge on any atom is 0.222 e. The number of nitrogens with zero attached hydrogens (tertiary/aromatic N) is 2. The lowest BCUT2D eigenvalue weighted by Crippen LogP contribution is -2.37. The molecule has 4 heteroatoms.